The first-order valence-corrected chi connectivity index (χ1v) is 9.57. The molecule has 1 aliphatic rings. The lowest BCUT2D eigenvalue weighted by atomic mass is 10.1. The van der Waals surface area contributed by atoms with Gasteiger partial charge in [-0.25, -0.2) is 0 Å². The maximum absolute atomic E-state index is 12.4. The van der Waals surface area contributed by atoms with E-state index in [4.69, 9.17) is 11.6 Å². The molecule has 0 aromatic heterocycles. The molecule has 6 heteroatoms. The standard InChI is InChI=1S/C20H19ClN2O2S/c1-3-12(2)22-19(24)14-7-8-17-16(11-14)23-20(25)18(26-17)10-13-5-4-6-15(21)9-13/h4-12H,3H2,1-2H3,(H,22,24)(H,23,25)/b18-10+. The van der Waals surface area contributed by atoms with Crippen LogP contribution < -0.4 is 10.6 Å². The van der Waals surface area contributed by atoms with Crippen LogP contribution >= 0.6 is 23.4 Å². The number of benzene rings is 2. The zero-order valence-electron chi connectivity index (χ0n) is 14.5. The Kier molecular flexibility index (Phi) is 5.69. The van der Waals surface area contributed by atoms with Crippen molar-refractivity contribution >= 4 is 46.9 Å². The van der Waals surface area contributed by atoms with Gasteiger partial charge in [0, 0.05) is 21.5 Å². The topological polar surface area (TPSA) is 58.2 Å². The van der Waals surface area contributed by atoms with Gasteiger partial charge < -0.3 is 10.6 Å². The fourth-order valence-electron chi connectivity index (χ4n) is 2.46. The maximum Gasteiger partial charge on any atom is 0.262 e. The molecule has 1 unspecified atom stereocenters. The Bertz CT molecular complexity index is 895. The zero-order chi connectivity index (χ0) is 18.7. The fraction of sp³-hybridized carbons (Fsp3) is 0.200. The predicted molar refractivity (Wildman–Crippen MR) is 108 cm³/mol. The van der Waals surface area contributed by atoms with Gasteiger partial charge in [-0.2, -0.15) is 0 Å². The number of halogens is 1. The summed E-state index contributed by atoms with van der Waals surface area (Å²) in [4.78, 5) is 26.2. The lowest BCUT2D eigenvalue weighted by Crippen LogP contribution is -2.32. The largest absolute Gasteiger partial charge is 0.350 e. The SMILES string of the molecule is CCC(C)NC(=O)c1ccc2c(c1)NC(=O)/C(=C\c1cccc(Cl)c1)S2. The molecule has 2 amide bonds. The Morgan fingerprint density at radius 1 is 1.31 bits per heavy atom. The summed E-state index contributed by atoms with van der Waals surface area (Å²) in [5.41, 5.74) is 2.05. The minimum Gasteiger partial charge on any atom is -0.350 e. The maximum atomic E-state index is 12.4. The monoisotopic (exact) mass is 386 g/mol. The summed E-state index contributed by atoms with van der Waals surface area (Å²) in [6.07, 6.45) is 2.67. The number of hydrogen-bond donors (Lipinski definition) is 2. The Hall–Kier alpha value is -2.24. The molecule has 0 radical (unpaired) electrons. The lowest BCUT2D eigenvalue weighted by Gasteiger charge is -2.20. The summed E-state index contributed by atoms with van der Waals surface area (Å²) in [5.74, 6) is -0.330. The number of carbonyl (C=O) groups is 2. The molecule has 3 rings (SSSR count). The summed E-state index contributed by atoms with van der Waals surface area (Å²) in [6.45, 7) is 3.98. The summed E-state index contributed by atoms with van der Waals surface area (Å²) in [7, 11) is 0. The third-order valence-corrected chi connectivity index (χ3v) is 5.40. The highest BCUT2D eigenvalue weighted by Gasteiger charge is 2.22. The van der Waals surface area contributed by atoms with Crippen molar-refractivity contribution in [3.63, 3.8) is 0 Å². The van der Waals surface area contributed by atoms with E-state index in [1.807, 2.05) is 32.0 Å². The van der Waals surface area contributed by atoms with Crippen LogP contribution in [-0.4, -0.2) is 17.9 Å². The molecule has 1 atom stereocenters. The van der Waals surface area contributed by atoms with Gasteiger partial charge in [-0.15, -0.1) is 0 Å². The summed E-state index contributed by atoms with van der Waals surface area (Å²) in [5, 5.41) is 6.42. The molecule has 1 heterocycles. The van der Waals surface area contributed by atoms with Crippen LogP contribution in [0.4, 0.5) is 5.69 Å². The molecule has 0 bridgehead atoms. The number of nitrogens with one attached hydrogen (secondary N) is 2. The second-order valence-electron chi connectivity index (χ2n) is 6.11. The summed E-state index contributed by atoms with van der Waals surface area (Å²) >= 11 is 7.38. The molecule has 0 fully saturated rings. The number of thioether (sulfide) groups is 1. The van der Waals surface area contributed by atoms with E-state index in [1.54, 1.807) is 30.3 Å². The van der Waals surface area contributed by atoms with Crippen LogP contribution in [-0.2, 0) is 4.79 Å². The van der Waals surface area contributed by atoms with Gasteiger partial charge in [0.15, 0.2) is 0 Å². The molecule has 4 nitrogen and oxygen atoms in total. The van der Waals surface area contributed by atoms with Crippen LogP contribution in [0.1, 0.15) is 36.2 Å². The molecule has 2 aromatic carbocycles. The van der Waals surface area contributed by atoms with Crippen molar-refractivity contribution in [3.05, 3.63) is 63.5 Å². The Morgan fingerprint density at radius 3 is 2.85 bits per heavy atom. The first kappa shape index (κ1) is 18.5. The minimum absolute atomic E-state index is 0.106. The van der Waals surface area contributed by atoms with Crippen molar-refractivity contribution < 1.29 is 9.59 Å². The third kappa shape index (κ3) is 4.29. The van der Waals surface area contributed by atoms with E-state index in [0.29, 0.717) is 21.2 Å². The predicted octanol–water partition coefficient (Wildman–Crippen LogP) is 4.95. The lowest BCUT2D eigenvalue weighted by molar-refractivity contribution is -0.112. The zero-order valence-corrected chi connectivity index (χ0v) is 16.1. The molecular weight excluding hydrogens is 368 g/mol. The average molecular weight is 387 g/mol. The molecule has 0 aliphatic carbocycles. The summed E-state index contributed by atoms with van der Waals surface area (Å²) in [6, 6.07) is 12.8. The van der Waals surface area contributed by atoms with E-state index in [0.717, 1.165) is 16.9 Å². The van der Waals surface area contributed by atoms with Crippen molar-refractivity contribution in [2.24, 2.45) is 0 Å². The highest BCUT2D eigenvalue weighted by Crippen LogP contribution is 2.39. The van der Waals surface area contributed by atoms with Gasteiger partial charge in [0.25, 0.3) is 11.8 Å². The van der Waals surface area contributed by atoms with Crippen LogP contribution in [0.25, 0.3) is 6.08 Å². The quantitative estimate of drug-likeness (QED) is 0.730. The Labute approximate surface area is 162 Å². The van der Waals surface area contributed by atoms with Gasteiger partial charge in [-0.3, -0.25) is 9.59 Å². The van der Waals surface area contributed by atoms with Gasteiger partial charge >= 0.3 is 0 Å². The second-order valence-corrected chi connectivity index (χ2v) is 7.63. The van der Waals surface area contributed by atoms with Crippen LogP contribution in [0, 0.1) is 0 Å². The van der Waals surface area contributed by atoms with Crippen LogP contribution in [0.5, 0.6) is 0 Å². The average Bonchev–Trinajstić information content (AvgIpc) is 2.61. The molecule has 2 aromatic rings. The smallest absolute Gasteiger partial charge is 0.262 e. The van der Waals surface area contributed by atoms with Crippen molar-refractivity contribution in [1.29, 1.82) is 0 Å². The minimum atomic E-state index is -0.193. The van der Waals surface area contributed by atoms with Crippen molar-refractivity contribution in [3.8, 4) is 0 Å². The van der Waals surface area contributed by atoms with E-state index < -0.39 is 0 Å². The molecule has 2 N–H and O–H groups in total. The van der Waals surface area contributed by atoms with E-state index >= 15 is 0 Å². The normalized spacial score (nSPS) is 16.0. The second kappa shape index (κ2) is 7.98. The molecule has 0 saturated heterocycles. The number of hydrogen-bond acceptors (Lipinski definition) is 3. The molecule has 1 aliphatic heterocycles. The number of carbonyl (C=O) groups excluding carboxylic acids is 2. The van der Waals surface area contributed by atoms with Gasteiger partial charge in [-0.1, -0.05) is 42.4 Å². The molecule has 0 saturated carbocycles. The highest BCUT2D eigenvalue weighted by atomic mass is 35.5. The van der Waals surface area contributed by atoms with Crippen LogP contribution in [0.3, 0.4) is 0 Å². The number of anilines is 1. The van der Waals surface area contributed by atoms with Crippen molar-refractivity contribution in [1.82, 2.24) is 5.32 Å². The molecular formula is C20H19ClN2O2S. The van der Waals surface area contributed by atoms with Gasteiger partial charge in [0.1, 0.15) is 0 Å². The first-order valence-electron chi connectivity index (χ1n) is 8.37. The number of fused-ring (bicyclic) bond motifs is 1. The van der Waals surface area contributed by atoms with Crippen molar-refractivity contribution in [2.45, 2.75) is 31.2 Å². The third-order valence-electron chi connectivity index (χ3n) is 4.07. The molecule has 0 spiro atoms. The highest BCUT2D eigenvalue weighted by molar-refractivity contribution is 8.04. The van der Waals surface area contributed by atoms with Gasteiger partial charge in [0.05, 0.1) is 10.6 Å². The van der Waals surface area contributed by atoms with Gasteiger partial charge in [-0.05, 0) is 55.3 Å². The first-order chi connectivity index (χ1) is 12.5. The van der Waals surface area contributed by atoms with Crippen molar-refractivity contribution in [2.75, 3.05) is 5.32 Å². The van der Waals surface area contributed by atoms with E-state index in [9.17, 15) is 9.59 Å². The van der Waals surface area contributed by atoms with E-state index in [-0.39, 0.29) is 17.9 Å². The number of rotatable bonds is 4. The van der Waals surface area contributed by atoms with E-state index in [1.165, 1.54) is 11.8 Å². The molecule has 134 valence electrons. The molecule has 26 heavy (non-hydrogen) atoms. The Morgan fingerprint density at radius 2 is 2.12 bits per heavy atom. The fourth-order valence-corrected chi connectivity index (χ4v) is 3.59. The summed E-state index contributed by atoms with van der Waals surface area (Å²) < 4.78 is 0. The van der Waals surface area contributed by atoms with Gasteiger partial charge in [0.2, 0.25) is 0 Å². The Balaban J connectivity index is 1.83. The van der Waals surface area contributed by atoms with E-state index in [2.05, 4.69) is 10.6 Å². The van der Waals surface area contributed by atoms with Crippen LogP contribution in [0.2, 0.25) is 5.02 Å². The van der Waals surface area contributed by atoms with Crippen LogP contribution in [0.15, 0.2) is 52.3 Å². The number of amides is 2.